The minimum absolute atomic E-state index is 0.926. The quantitative estimate of drug-likeness (QED) is 0.430. The van der Waals surface area contributed by atoms with Gasteiger partial charge in [0.15, 0.2) is 0 Å². The van der Waals surface area contributed by atoms with Crippen LogP contribution in [-0.2, 0) is 13.3 Å². The minimum Gasteiger partial charge on any atom is -0.377 e. The van der Waals surface area contributed by atoms with Gasteiger partial charge in [0.1, 0.15) is 0 Å². The Kier molecular flexibility index (Phi) is 9.71. The topological polar surface area (TPSA) is 34.2 Å². The van der Waals surface area contributed by atoms with E-state index in [-0.39, 0.29) is 0 Å². The van der Waals surface area contributed by atoms with E-state index < -0.39 is 8.80 Å². The normalized spacial score (nSPS) is 18.3. The van der Waals surface area contributed by atoms with Crippen LogP contribution in [0, 0.1) is 0 Å². The molecule has 6 heteroatoms. The van der Waals surface area contributed by atoms with Gasteiger partial charge in [0.05, 0.1) is 0 Å². The fourth-order valence-corrected chi connectivity index (χ4v) is 4.63. The van der Waals surface area contributed by atoms with Crippen LogP contribution in [0.5, 0.6) is 0 Å². The predicted octanol–water partition coefficient (Wildman–Crippen LogP) is 2.06. The Balaban J connectivity index is 1.97. The van der Waals surface area contributed by atoms with Gasteiger partial charge in [-0.2, -0.15) is 0 Å². The Morgan fingerprint density at radius 1 is 0.762 bits per heavy atom. The lowest BCUT2D eigenvalue weighted by Crippen LogP contribution is -2.44. The number of hydrogen-bond acceptors (Lipinski definition) is 5. The summed E-state index contributed by atoms with van der Waals surface area (Å²) in [5, 5.41) is 0. The molecule has 0 aliphatic carbocycles. The monoisotopic (exact) mass is 318 g/mol. The maximum absolute atomic E-state index is 5.44. The standard InChI is InChI=1S/C15H34N2O3Si/c1-16-11-13-17(14-12-16)10-8-6-5-7-9-15-21(18-2,19-3)20-4/h5-15H2,1-4H3. The molecule has 0 amide bonds. The van der Waals surface area contributed by atoms with E-state index >= 15 is 0 Å². The van der Waals surface area contributed by atoms with Crippen molar-refractivity contribution in [3.63, 3.8) is 0 Å². The highest BCUT2D eigenvalue weighted by Crippen LogP contribution is 2.18. The maximum Gasteiger partial charge on any atom is 0.500 e. The predicted molar refractivity (Wildman–Crippen MR) is 88.6 cm³/mol. The molecule has 0 aromatic rings. The Morgan fingerprint density at radius 2 is 1.29 bits per heavy atom. The van der Waals surface area contributed by atoms with E-state index in [0.717, 1.165) is 12.5 Å². The van der Waals surface area contributed by atoms with Crippen LogP contribution >= 0.6 is 0 Å². The van der Waals surface area contributed by atoms with Gasteiger partial charge in [0.2, 0.25) is 0 Å². The van der Waals surface area contributed by atoms with E-state index in [2.05, 4.69) is 16.8 Å². The molecule has 0 N–H and O–H groups in total. The van der Waals surface area contributed by atoms with Crippen LogP contribution in [0.25, 0.3) is 0 Å². The van der Waals surface area contributed by atoms with E-state index in [0.29, 0.717) is 0 Å². The minimum atomic E-state index is -2.33. The van der Waals surface area contributed by atoms with Gasteiger partial charge in [-0.25, -0.2) is 0 Å². The summed E-state index contributed by atoms with van der Waals surface area (Å²) >= 11 is 0. The van der Waals surface area contributed by atoms with E-state index in [1.165, 1.54) is 58.4 Å². The van der Waals surface area contributed by atoms with Crippen molar-refractivity contribution in [2.24, 2.45) is 0 Å². The van der Waals surface area contributed by atoms with Crippen molar-refractivity contribution in [1.82, 2.24) is 9.80 Å². The Hall–Kier alpha value is 0.0169. The highest BCUT2D eigenvalue weighted by molar-refractivity contribution is 6.60. The summed E-state index contributed by atoms with van der Waals surface area (Å²) < 4.78 is 16.3. The van der Waals surface area contributed by atoms with Crippen molar-refractivity contribution in [2.75, 3.05) is 61.1 Å². The van der Waals surface area contributed by atoms with Crippen LogP contribution in [0.3, 0.4) is 0 Å². The molecule has 0 spiro atoms. The van der Waals surface area contributed by atoms with Crippen LogP contribution in [0.4, 0.5) is 0 Å². The van der Waals surface area contributed by atoms with Gasteiger partial charge < -0.3 is 23.1 Å². The molecule has 1 saturated heterocycles. The summed E-state index contributed by atoms with van der Waals surface area (Å²) in [6.07, 6.45) is 6.33. The second kappa shape index (κ2) is 10.7. The average Bonchev–Trinajstić information content (AvgIpc) is 2.52. The first kappa shape index (κ1) is 19.1. The van der Waals surface area contributed by atoms with Gasteiger partial charge in [0, 0.05) is 53.6 Å². The highest BCUT2D eigenvalue weighted by atomic mass is 28.4. The van der Waals surface area contributed by atoms with Crippen LogP contribution in [-0.4, -0.2) is 79.7 Å². The number of rotatable bonds is 11. The number of likely N-dealkylation sites (N-methyl/N-ethyl adjacent to an activating group) is 1. The molecule has 5 nitrogen and oxygen atoms in total. The molecule has 21 heavy (non-hydrogen) atoms. The SMILES string of the molecule is CO[Si](CCCCCCCN1CCN(C)CC1)(OC)OC. The van der Waals surface area contributed by atoms with Gasteiger partial charge in [-0.15, -0.1) is 0 Å². The molecule has 1 aliphatic heterocycles. The molecular formula is C15H34N2O3Si. The molecule has 0 atom stereocenters. The molecule has 0 saturated carbocycles. The van der Waals surface area contributed by atoms with Crippen molar-refractivity contribution >= 4 is 8.80 Å². The molecule has 0 aromatic carbocycles. The first-order chi connectivity index (χ1) is 10.2. The summed E-state index contributed by atoms with van der Waals surface area (Å²) in [6.45, 7) is 6.18. The van der Waals surface area contributed by atoms with Crippen molar-refractivity contribution < 1.29 is 13.3 Å². The third kappa shape index (κ3) is 7.21. The molecule has 1 rings (SSSR count). The molecule has 0 aromatic heterocycles. The molecule has 0 bridgehead atoms. The lowest BCUT2D eigenvalue weighted by atomic mass is 10.1. The zero-order valence-corrected chi connectivity index (χ0v) is 15.4. The van der Waals surface area contributed by atoms with Gasteiger partial charge in [-0.3, -0.25) is 0 Å². The van der Waals surface area contributed by atoms with E-state index in [9.17, 15) is 0 Å². The van der Waals surface area contributed by atoms with Crippen LogP contribution < -0.4 is 0 Å². The third-order valence-corrected chi connectivity index (χ3v) is 7.32. The molecule has 0 unspecified atom stereocenters. The molecular weight excluding hydrogens is 284 g/mol. The van der Waals surface area contributed by atoms with E-state index in [4.69, 9.17) is 13.3 Å². The van der Waals surface area contributed by atoms with Gasteiger partial charge in [-0.1, -0.05) is 19.3 Å². The fraction of sp³-hybridized carbons (Fsp3) is 1.00. The molecule has 0 radical (unpaired) electrons. The first-order valence-corrected chi connectivity index (χ1v) is 10.2. The summed E-state index contributed by atoms with van der Waals surface area (Å²) in [5.74, 6) is 0. The van der Waals surface area contributed by atoms with Crippen molar-refractivity contribution in [3.8, 4) is 0 Å². The summed E-state index contributed by atoms with van der Waals surface area (Å²) in [6, 6.07) is 0.926. The largest absolute Gasteiger partial charge is 0.500 e. The highest BCUT2D eigenvalue weighted by Gasteiger charge is 2.36. The Morgan fingerprint density at radius 3 is 1.86 bits per heavy atom. The molecule has 1 aliphatic rings. The van der Waals surface area contributed by atoms with Crippen molar-refractivity contribution in [3.05, 3.63) is 0 Å². The van der Waals surface area contributed by atoms with E-state index in [1.807, 2.05) is 0 Å². The van der Waals surface area contributed by atoms with E-state index in [1.54, 1.807) is 21.3 Å². The second-order valence-electron chi connectivity index (χ2n) is 5.96. The van der Waals surface area contributed by atoms with Crippen molar-refractivity contribution in [1.29, 1.82) is 0 Å². The van der Waals surface area contributed by atoms with Crippen LogP contribution in [0.15, 0.2) is 0 Å². The maximum atomic E-state index is 5.44. The van der Waals surface area contributed by atoms with Crippen LogP contribution in [0.2, 0.25) is 6.04 Å². The summed E-state index contributed by atoms with van der Waals surface area (Å²) in [4.78, 5) is 5.01. The molecule has 1 fully saturated rings. The van der Waals surface area contributed by atoms with Gasteiger partial charge in [0.25, 0.3) is 0 Å². The molecule has 126 valence electrons. The van der Waals surface area contributed by atoms with Crippen LogP contribution in [0.1, 0.15) is 32.1 Å². The lowest BCUT2D eigenvalue weighted by molar-refractivity contribution is 0.122. The number of unbranched alkanes of at least 4 members (excludes halogenated alkanes) is 4. The summed E-state index contributed by atoms with van der Waals surface area (Å²) in [5.41, 5.74) is 0. The smallest absolute Gasteiger partial charge is 0.377 e. The third-order valence-electron chi connectivity index (χ3n) is 4.49. The first-order valence-electron chi connectivity index (χ1n) is 8.22. The number of piperazine rings is 1. The second-order valence-corrected chi connectivity index (χ2v) is 9.05. The average molecular weight is 319 g/mol. The molecule has 1 heterocycles. The lowest BCUT2D eigenvalue weighted by Gasteiger charge is -2.32. The van der Waals surface area contributed by atoms with Gasteiger partial charge in [-0.05, 0) is 26.4 Å². The van der Waals surface area contributed by atoms with Gasteiger partial charge >= 0.3 is 8.80 Å². The fourth-order valence-electron chi connectivity index (χ4n) is 2.83. The zero-order chi connectivity index (χ0) is 15.6. The van der Waals surface area contributed by atoms with Crippen molar-refractivity contribution in [2.45, 2.75) is 38.1 Å². The Labute approximate surface area is 131 Å². The zero-order valence-electron chi connectivity index (χ0n) is 14.4. The Bertz CT molecular complexity index is 249. The summed E-state index contributed by atoms with van der Waals surface area (Å²) in [7, 11) is 4.95. The number of nitrogens with zero attached hydrogens (tertiary/aromatic N) is 2. The number of hydrogen-bond donors (Lipinski definition) is 0.